The van der Waals surface area contributed by atoms with E-state index in [1.807, 2.05) is 12.1 Å². The van der Waals surface area contributed by atoms with Gasteiger partial charge in [-0.05, 0) is 43.5 Å². The van der Waals surface area contributed by atoms with Crippen molar-refractivity contribution >= 4 is 17.6 Å². The van der Waals surface area contributed by atoms with Crippen molar-refractivity contribution in [2.45, 2.75) is 51.9 Å². The van der Waals surface area contributed by atoms with Crippen LogP contribution in [-0.2, 0) is 9.59 Å². The molecule has 0 aromatic heterocycles. The molecule has 0 unspecified atom stereocenters. The molecule has 0 radical (unpaired) electrons. The highest BCUT2D eigenvalue weighted by molar-refractivity contribution is 5.90. The summed E-state index contributed by atoms with van der Waals surface area (Å²) in [6.07, 6.45) is 5.01. The van der Waals surface area contributed by atoms with Gasteiger partial charge in [-0.15, -0.1) is 0 Å². The Morgan fingerprint density at radius 2 is 1.77 bits per heavy atom. The molecule has 1 N–H and O–H groups in total. The van der Waals surface area contributed by atoms with Gasteiger partial charge in [0.2, 0.25) is 5.91 Å². The van der Waals surface area contributed by atoms with Crippen LogP contribution in [0.25, 0.3) is 0 Å². The Balaban J connectivity index is 2.26. The van der Waals surface area contributed by atoms with E-state index in [1.54, 1.807) is 12.1 Å². The highest BCUT2D eigenvalue weighted by Crippen LogP contribution is 2.16. The van der Waals surface area contributed by atoms with Crippen molar-refractivity contribution < 1.29 is 19.4 Å². The molecule has 0 bridgehead atoms. The van der Waals surface area contributed by atoms with Crippen LogP contribution in [-0.4, -0.2) is 18.5 Å². The van der Waals surface area contributed by atoms with Crippen LogP contribution in [0.4, 0.5) is 5.69 Å². The van der Waals surface area contributed by atoms with Gasteiger partial charge in [-0.2, -0.15) is 0 Å². The molecule has 0 aliphatic rings. The molecule has 0 aliphatic heterocycles. The van der Waals surface area contributed by atoms with Crippen LogP contribution < -0.4 is 15.2 Å². The van der Waals surface area contributed by atoms with Crippen molar-refractivity contribution in [2.75, 3.05) is 11.9 Å². The van der Waals surface area contributed by atoms with Crippen LogP contribution in [0.3, 0.4) is 0 Å². The molecule has 0 spiro atoms. The van der Waals surface area contributed by atoms with Crippen LogP contribution in [0.2, 0.25) is 0 Å². The summed E-state index contributed by atoms with van der Waals surface area (Å²) in [4.78, 5) is 21.9. The van der Waals surface area contributed by atoms with E-state index in [0.717, 1.165) is 12.2 Å². The molecule has 0 fully saturated rings. The number of ether oxygens (including phenoxy) is 1. The second-order valence-electron chi connectivity index (χ2n) is 5.21. The van der Waals surface area contributed by atoms with Crippen molar-refractivity contribution in [2.24, 2.45) is 0 Å². The largest absolute Gasteiger partial charge is 0.550 e. The standard InChI is InChI=1S/C17H25NO4/c1-2-3-4-5-13-22-15-11-9-14(10-12-15)18-16(19)7-6-8-17(20)21/h9-12H,2-8,13H2,1H3,(H,18,19)(H,20,21)/p-1. The Morgan fingerprint density at radius 1 is 1.05 bits per heavy atom. The van der Waals surface area contributed by atoms with E-state index in [4.69, 9.17) is 4.74 Å². The zero-order valence-electron chi connectivity index (χ0n) is 13.1. The van der Waals surface area contributed by atoms with Crippen molar-refractivity contribution in [3.63, 3.8) is 0 Å². The number of aliphatic carboxylic acids is 1. The lowest BCUT2D eigenvalue weighted by atomic mass is 10.2. The second kappa shape index (κ2) is 10.7. The number of unbranched alkanes of at least 4 members (excludes halogenated alkanes) is 3. The van der Waals surface area contributed by atoms with Crippen LogP contribution in [0.1, 0.15) is 51.9 Å². The third-order valence-electron chi connectivity index (χ3n) is 3.19. The Morgan fingerprint density at radius 3 is 2.41 bits per heavy atom. The Kier molecular flexibility index (Phi) is 8.72. The van der Waals surface area contributed by atoms with E-state index >= 15 is 0 Å². The number of carbonyl (C=O) groups is 2. The van der Waals surface area contributed by atoms with E-state index in [0.29, 0.717) is 12.3 Å². The first kappa shape index (κ1) is 18.0. The van der Waals surface area contributed by atoms with Crippen LogP contribution >= 0.6 is 0 Å². The monoisotopic (exact) mass is 306 g/mol. The van der Waals surface area contributed by atoms with E-state index < -0.39 is 5.97 Å². The van der Waals surface area contributed by atoms with Crippen LogP contribution in [0, 0.1) is 0 Å². The number of hydrogen-bond acceptors (Lipinski definition) is 4. The fourth-order valence-corrected chi connectivity index (χ4v) is 1.97. The summed E-state index contributed by atoms with van der Waals surface area (Å²) >= 11 is 0. The van der Waals surface area contributed by atoms with E-state index in [-0.39, 0.29) is 25.2 Å². The summed E-state index contributed by atoms with van der Waals surface area (Å²) in [5.41, 5.74) is 0.678. The van der Waals surface area contributed by atoms with Gasteiger partial charge in [-0.1, -0.05) is 26.2 Å². The van der Waals surface area contributed by atoms with Crippen molar-refractivity contribution in [3.8, 4) is 5.75 Å². The van der Waals surface area contributed by atoms with Gasteiger partial charge in [0.1, 0.15) is 5.75 Å². The van der Waals surface area contributed by atoms with Gasteiger partial charge in [0, 0.05) is 18.1 Å². The number of hydrogen-bond donors (Lipinski definition) is 1. The highest BCUT2D eigenvalue weighted by Gasteiger charge is 2.03. The van der Waals surface area contributed by atoms with Crippen molar-refractivity contribution in [1.29, 1.82) is 0 Å². The lowest BCUT2D eigenvalue weighted by Crippen LogP contribution is -2.22. The zero-order valence-corrected chi connectivity index (χ0v) is 13.1. The summed E-state index contributed by atoms with van der Waals surface area (Å²) in [6, 6.07) is 7.18. The average molecular weight is 306 g/mol. The zero-order chi connectivity index (χ0) is 16.2. The molecule has 1 aromatic rings. The van der Waals surface area contributed by atoms with Gasteiger partial charge in [0.15, 0.2) is 0 Å². The number of carboxylic acid groups (broad SMARTS) is 1. The number of carbonyl (C=O) groups excluding carboxylic acids is 2. The number of anilines is 1. The first-order chi connectivity index (χ1) is 10.6. The number of carboxylic acids is 1. The van der Waals surface area contributed by atoms with Crippen LogP contribution in [0.15, 0.2) is 24.3 Å². The molecule has 1 amide bonds. The van der Waals surface area contributed by atoms with E-state index in [2.05, 4.69) is 12.2 Å². The molecule has 22 heavy (non-hydrogen) atoms. The fraction of sp³-hybridized carbons (Fsp3) is 0.529. The molecular formula is C17H24NO4-. The number of benzene rings is 1. The maximum Gasteiger partial charge on any atom is 0.224 e. The molecule has 1 aromatic carbocycles. The molecule has 0 saturated carbocycles. The van der Waals surface area contributed by atoms with Gasteiger partial charge in [-0.3, -0.25) is 4.79 Å². The molecule has 1 rings (SSSR count). The van der Waals surface area contributed by atoms with Gasteiger partial charge in [0.05, 0.1) is 6.61 Å². The lowest BCUT2D eigenvalue weighted by molar-refractivity contribution is -0.305. The molecule has 5 nitrogen and oxygen atoms in total. The summed E-state index contributed by atoms with van der Waals surface area (Å²) in [7, 11) is 0. The smallest absolute Gasteiger partial charge is 0.224 e. The molecule has 0 atom stereocenters. The third-order valence-corrected chi connectivity index (χ3v) is 3.19. The van der Waals surface area contributed by atoms with Gasteiger partial charge in [0.25, 0.3) is 0 Å². The predicted molar refractivity (Wildman–Crippen MR) is 83.6 cm³/mol. The minimum atomic E-state index is -1.13. The van der Waals surface area contributed by atoms with Crippen molar-refractivity contribution in [3.05, 3.63) is 24.3 Å². The maximum absolute atomic E-state index is 11.6. The van der Waals surface area contributed by atoms with E-state index in [1.165, 1.54) is 19.3 Å². The maximum atomic E-state index is 11.6. The topological polar surface area (TPSA) is 78.5 Å². The predicted octanol–water partition coefficient (Wildman–Crippen LogP) is 2.50. The van der Waals surface area contributed by atoms with Crippen LogP contribution in [0.5, 0.6) is 5.75 Å². The second-order valence-corrected chi connectivity index (χ2v) is 5.21. The SMILES string of the molecule is CCCCCCOc1ccc(NC(=O)CCCC(=O)[O-])cc1. The number of amides is 1. The quantitative estimate of drug-likeness (QED) is 0.637. The summed E-state index contributed by atoms with van der Waals surface area (Å²) < 4.78 is 5.62. The van der Waals surface area contributed by atoms with Gasteiger partial charge in [-0.25, -0.2) is 0 Å². The highest BCUT2D eigenvalue weighted by atomic mass is 16.5. The minimum Gasteiger partial charge on any atom is -0.550 e. The Hall–Kier alpha value is -2.04. The molecule has 5 heteroatoms. The summed E-state index contributed by atoms with van der Waals surface area (Å²) in [6.45, 7) is 2.88. The molecule has 122 valence electrons. The average Bonchev–Trinajstić information content (AvgIpc) is 2.48. The van der Waals surface area contributed by atoms with Gasteiger partial charge >= 0.3 is 0 Å². The lowest BCUT2D eigenvalue weighted by Gasteiger charge is -2.08. The van der Waals surface area contributed by atoms with Gasteiger partial charge < -0.3 is 20.0 Å². The van der Waals surface area contributed by atoms with Crippen molar-refractivity contribution in [1.82, 2.24) is 0 Å². The molecule has 0 saturated heterocycles. The first-order valence-corrected chi connectivity index (χ1v) is 7.84. The normalized spacial score (nSPS) is 10.2. The molecular weight excluding hydrogens is 282 g/mol. The number of rotatable bonds is 11. The minimum absolute atomic E-state index is 0.0990. The fourth-order valence-electron chi connectivity index (χ4n) is 1.97. The summed E-state index contributed by atoms with van der Waals surface area (Å²) in [5, 5.41) is 13.0. The third kappa shape index (κ3) is 8.29. The first-order valence-electron chi connectivity index (χ1n) is 7.84. The number of nitrogens with one attached hydrogen (secondary N) is 1. The Labute approximate surface area is 131 Å². The molecule has 0 heterocycles. The molecule has 0 aliphatic carbocycles. The summed E-state index contributed by atoms with van der Waals surface area (Å²) in [5.74, 6) is -0.547. The van der Waals surface area contributed by atoms with E-state index in [9.17, 15) is 14.7 Å². The Bertz CT molecular complexity index is 456.